The Labute approximate surface area is 158 Å². The van der Waals surface area contributed by atoms with Gasteiger partial charge in [-0.05, 0) is 35.4 Å². The molecule has 0 saturated carbocycles. The van der Waals surface area contributed by atoms with Gasteiger partial charge in [0, 0.05) is 11.4 Å². The Balaban J connectivity index is 3.04. The summed E-state index contributed by atoms with van der Waals surface area (Å²) in [4.78, 5) is 22.4. The van der Waals surface area contributed by atoms with E-state index in [2.05, 4.69) is 0 Å². The Morgan fingerprint density at radius 1 is 0.690 bits per heavy atom. The zero-order chi connectivity index (χ0) is 22.4. The minimum Gasteiger partial charge on any atom is -0.478 e. The molecule has 0 fully saturated rings. The number of alkyl halides is 6. The molecule has 0 bridgehead atoms. The molecule has 29 heavy (non-hydrogen) atoms. The molecular weight excluding hydrogens is 410 g/mol. The third-order valence-corrected chi connectivity index (χ3v) is 4.28. The lowest BCUT2D eigenvalue weighted by Crippen LogP contribution is -2.55. The second-order valence-electron chi connectivity index (χ2n) is 5.96. The summed E-state index contributed by atoms with van der Waals surface area (Å²) in [7, 11) is 0. The van der Waals surface area contributed by atoms with Crippen molar-refractivity contribution in [2.75, 3.05) is 11.5 Å². The molecule has 0 unspecified atom stereocenters. The number of hydrogen-bond donors (Lipinski definition) is 4. The maximum Gasteiger partial charge on any atom is 0.411 e. The molecule has 2 aromatic carbocycles. The molecule has 0 atom stereocenters. The monoisotopic (exact) mass is 422 g/mol. The van der Waals surface area contributed by atoms with E-state index in [0.717, 1.165) is 0 Å². The van der Waals surface area contributed by atoms with Gasteiger partial charge in [-0.3, -0.25) is 0 Å². The van der Waals surface area contributed by atoms with E-state index in [-0.39, 0.29) is 12.1 Å². The molecule has 2 aromatic rings. The largest absolute Gasteiger partial charge is 0.478 e. The maximum atomic E-state index is 14.0. The first-order valence-corrected chi connectivity index (χ1v) is 7.54. The van der Waals surface area contributed by atoms with Gasteiger partial charge in [0.1, 0.15) is 0 Å². The smallest absolute Gasteiger partial charge is 0.411 e. The number of carbonyl (C=O) groups is 2. The lowest BCUT2D eigenvalue weighted by Gasteiger charge is -2.38. The van der Waals surface area contributed by atoms with Crippen LogP contribution < -0.4 is 11.5 Å². The molecule has 0 saturated heterocycles. The number of anilines is 2. The average Bonchev–Trinajstić information content (AvgIpc) is 2.55. The Morgan fingerprint density at radius 3 is 1.24 bits per heavy atom. The van der Waals surface area contributed by atoms with Crippen molar-refractivity contribution in [3.05, 3.63) is 58.7 Å². The number of carboxylic acids is 2. The molecule has 2 rings (SSSR count). The minimum atomic E-state index is -6.04. The lowest BCUT2D eigenvalue weighted by molar-refractivity contribution is -0.288. The molecular formula is C17H12F6N2O4. The van der Waals surface area contributed by atoms with Gasteiger partial charge in [-0.2, -0.15) is 26.3 Å². The van der Waals surface area contributed by atoms with Crippen LogP contribution in [0.2, 0.25) is 0 Å². The van der Waals surface area contributed by atoms with Crippen LogP contribution in [-0.4, -0.2) is 34.5 Å². The fourth-order valence-electron chi connectivity index (χ4n) is 2.93. The molecule has 0 aliphatic heterocycles. The first-order chi connectivity index (χ1) is 13.1. The molecule has 0 spiro atoms. The van der Waals surface area contributed by atoms with E-state index in [0.29, 0.717) is 24.3 Å². The van der Waals surface area contributed by atoms with Crippen LogP contribution in [0.1, 0.15) is 31.8 Å². The van der Waals surface area contributed by atoms with Gasteiger partial charge in [0.05, 0.1) is 11.1 Å². The summed E-state index contributed by atoms with van der Waals surface area (Å²) >= 11 is 0. The highest BCUT2D eigenvalue weighted by atomic mass is 19.4. The highest BCUT2D eigenvalue weighted by Gasteiger charge is 2.72. The van der Waals surface area contributed by atoms with Crippen molar-refractivity contribution in [2.24, 2.45) is 0 Å². The summed E-state index contributed by atoms with van der Waals surface area (Å²) in [5, 5.41) is 18.1. The van der Waals surface area contributed by atoms with Crippen molar-refractivity contribution < 1.29 is 46.1 Å². The van der Waals surface area contributed by atoms with Gasteiger partial charge in [-0.25, -0.2) is 9.59 Å². The van der Waals surface area contributed by atoms with E-state index in [9.17, 15) is 35.9 Å². The maximum absolute atomic E-state index is 14.0. The third kappa shape index (κ3) is 3.41. The number of halogens is 6. The van der Waals surface area contributed by atoms with Crippen molar-refractivity contribution in [3.63, 3.8) is 0 Å². The van der Waals surface area contributed by atoms with Gasteiger partial charge in [0.15, 0.2) is 0 Å². The lowest BCUT2D eigenvalue weighted by atomic mass is 9.72. The van der Waals surface area contributed by atoms with Gasteiger partial charge in [0.25, 0.3) is 0 Å². The highest BCUT2D eigenvalue weighted by Crippen LogP contribution is 2.56. The Morgan fingerprint density at radius 2 is 1.00 bits per heavy atom. The predicted octanol–water partition coefficient (Wildman–Crippen LogP) is 3.66. The molecule has 156 valence electrons. The Hall–Kier alpha value is -3.44. The summed E-state index contributed by atoms with van der Waals surface area (Å²) in [6.45, 7) is 0. The van der Waals surface area contributed by atoms with Crippen molar-refractivity contribution in [1.29, 1.82) is 0 Å². The van der Waals surface area contributed by atoms with Crippen LogP contribution in [0.3, 0.4) is 0 Å². The van der Waals surface area contributed by atoms with Gasteiger partial charge in [-0.15, -0.1) is 0 Å². The molecule has 12 heteroatoms. The topological polar surface area (TPSA) is 127 Å². The molecule has 6 N–H and O–H groups in total. The zero-order valence-corrected chi connectivity index (χ0v) is 14.1. The van der Waals surface area contributed by atoms with E-state index in [1.54, 1.807) is 0 Å². The zero-order valence-electron chi connectivity index (χ0n) is 14.1. The van der Waals surface area contributed by atoms with E-state index < -0.39 is 63.3 Å². The summed E-state index contributed by atoms with van der Waals surface area (Å²) < 4.78 is 84.2. The van der Waals surface area contributed by atoms with E-state index in [1.165, 1.54) is 0 Å². The predicted molar refractivity (Wildman–Crippen MR) is 88.5 cm³/mol. The van der Waals surface area contributed by atoms with Crippen molar-refractivity contribution in [3.8, 4) is 0 Å². The molecule has 0 aliphatic carbocycles. The van der Waals surface area contributed by atoms with Crippen LogP contribution in [0.15, 0.2) is 36.4 Å². The number of benzene rings is 2. The van der Waals surface area contributed by atoms with Crippen LogP contribution in [0.5, 0.6) is 0 Å². The van der Waals surface area contributed by atoms with Crippen LogP contribution in [0.25, 0.3) is 0 Å². The van der Waals surface area contributed by atoms with Crippen LogP contribution in [0.4, 0.5) is 37.7 Å². The van der Waals surface area contributed by atoms with E-state index in [1.807, 2.05) is 0 Å². The van der Waals surface area contributed by atoms with E-state index >= 15 is 0 Å². The minimum absolute atomic E-state index is 0.162. The molecule has 0 radical (unpaired) electrons. The highest BCUT2D eigenvalue weighted by molar-refractivity contribution is 5.95. The van der Waals surface area contributed by atoms with Crippen molar-refractivity contribution >= 4 is 23.3 Å². The van der Waals surface area contributed by atoms with Crippen LogP contribution in [-0.2, 0) is 5.41 Å². The fourth-order valence-corrected chi connectivity index (χ4v) is 2.93. The standard InChI is InChI=1S/C17H12F6N2O4/c18-16(19,20)15(17(21,22)23,7-1-3-11(24)9(5-7)13(26)27)8-2-4-12(25)10(6-8)14(28)29/h1-6H,24-25H2,(H,26,27)(H,28,29). The summed E-state index contributed by atoms with van der Waals surface area (Å²) in [5.41, 5.74) is -0.118. The molecule has 0 amide bonds. The van der Waals surface area contributed by atoms with Crippen molar-refractivity contribution in [1.82, 2.24) is 0 Å². The molecule has 0 aliphatic rings. The fraction of sp³-hybridized carbons (Fsp3) is 0.176. The number of rotatable bonds is 4. The summed E-state index contributed by atoms with van der Waals surface area (Å²) in [6.07, 6.45) is -12.1. The van der Waals surface area contributed by atoms with Gasteiger partial charge >= 0.3 is 24.3 Å². The number of nitrogens with two attached hydrogens (primary N) is 2. The Kier molecular flexibility index (Phi) is 5.17. The second kappa shape index (κ2) is 6.87. The molecule has 0 heterocycles. The SMILES string of the molecule is Nc1ccc(C(c2ccc(N)c(C(=O)O)c2)(C(F)(F)F)C(F)(F)F)cc1C(=O)O. The third-order valence-electron chi connectivity index (χ3n) is 4.28. The van der Waals surface area contributed by atoms with E-state index in [4.69, 9.17) is 21.7 Å². The number of nitrogen functional groups attached to an aromatic ring is 2. The van der Waals surface area contributed by atoms with Crippen molar-refractivity contribution in [2.45, 2.75) is 17.8 Å². The van der Waals surface area contributed by atoms with Gasteiger partial charge in [-0.1, -0.05) is 12.1 Å². The van der Waals surface area contributed by atoms with Crippen LogP contribution in [0, 0.1) is 0 Å². The quantitative estimate of drug-likeness (QED) is 0.440. The number of hydrogen-bond acceptors (Lipinski definition) is 4. The first-order valence-electron chi connectivity index (χ1n) is 7.54. The molecule has 6 nitrogen and oxygen atoms in total. The second-order valence-corrected chi connectivity index (χ2v) is 5.96. The van der Waals surface area contributed by atoms with Gasteiger partial charge < -0.3 is 21.7 Å². The van der Waals surface area contributed by atoms with Crippen LogP contribution >= 0.6 is 0 Å². The number of aromatic carboxylic acids is 2. The normalized spacial score (nSPS) is 12.6. The number of carboxylic acid groups (broad SMARTS) is 2. The Bertz CT molecular complexity index is 905. The first kappa shape index (κ1) is 21.9. The average molecular weight is 422 g/mol. The summed E-state index contributed by atoms with van der Waals surface area (Å²) in [5.74, 6) is -3.68. The van der Waals surface area contributed by atoms with Gasteiger partial charge in [0.2, 0.25) is 5.41 Å². The molecule has 0 aromatic heterocycles. The summed E-state index contributed by atoms with van der Waals surface area (Å²) in [6, 6.07) is 2.30.